The van der Waals surface area contributed by atoms with Crippen LogP contribution in [0.5, 0.6) is 5.75 Å². The Morgan fingerprint density at radius 2 is 2.14 bits per heavy atom. The van der Waals surface area contributed by atoms with Crippen LogP contribution in [-0.4, -0.2) is 4.38 Å². The van der Waals surface area contributed by atoms with Crippen LogP contribution >= 0.6 is 24.8 Å². The molecule has 76 valence electrons. The molecular formula is C11H14OS2. The fraction of sp³-hybridized carbons (Fsp3) is 0.364. The third-order valence-electron chi connectivity index (χ3n) is 2.26. The molecule has 0 amide bonds. The van der Waals surface area contributed by atoms with Crippen molar-refractivity contribution in [1.29, 1.82) is 0 Å². The normalized spacial score (nSPS) is 12.2. The fourth-order valence-electron chi connectivity index (χ4n) is 1.29. The summed E-state index contributed by atoms with van der Waals surface area (Å²) in [7, 11) is 0. The summed E-state index contributed by atoms with van der Waals surface area (Å²) in [5.41, 5.74) is 1.19. The van der Waals surface area contributed by atoms with Crippen LogP contribution in [0.1, 0.15) is 31.7 Å². The smallest absolute Gasteiger partial charge is 0.222 e. The molecule has 0 aliphatic heterocycles. The van der Waals surface area contributed by atoms with Gasteiger partial charge in [-0.2, -0.15) is 0 Å². The van der Waals surface area contributed by atoms with Crippen molar-refractivity contribution in [1.82, 2.24) is 0 Å². The Kier molecular flexibility index (Phi) is 4.42. The fourth-order valence-corrected chi connectivity index (χ4v) is 1.48. The standard InChI is InChI=1S/C11H14OS2/c1-3-8(2)9-6-4-5-7-10(9)12-11(13)14/h4-8H,3H2,1-2H3,(H,13,14). The van der Waals surface area contributed by atoms with Crippen LogP contribution < -0.4 is 4.74 Å². The highest BCUT2D eigenvalue weighted by Gasteiger charge is 2.09. The van der Waals surface area contributed by atoms with Gasteiger partial charge in [0.15, 0.2) is 0 Å². The topological polar surface area (TPSA) is 9.23 Å². The van der Waals surface area contributed by atoms with E-state index in [0.29, 0.717) is 5.92 Å². The maximum Gasteiger partial charge on any atom is 0.222 e. The number of hydrogen-bond donors (Lipinski definition) is 1. The lowest BCUT2D eigenvalue weighted by molar-refractivity contribution is 0.557. The summed E-state index contributed by atoms with van der Waals surface area (Å²) in [6.45, 7) is 4.32. The second-order valence-electron chi connectivity index (χ2n) is 3.22. The van der Waals surface area contributed by atoms with E-state index in [1.54, 1.807) is 0 Å². The van der Waals surface area contributed by atoms with Crippen molar-refractivity contribution in [2.24, 2.45) is 0 Å². The molecule has 1 nitrogen and oxygen atoms in total. The second kappa shape index (κ2) is 5.37. The van der Waals surface area contributed by atoms with Crippen molar-refractivity contribution in [3.05, 3.63) is 29.8 Å². The highest BCUT2D eigenvalue weighted by atomic mass is 32.1. The summed E-state index contributed by atoms with van der Waals surface area (Å²) in [6, 6.07) is 7.93. The molecule has 0 saturated carbocycles. The third kappa shape index (κ3) is 3.00. The van der Waals surface area contributed by atoms with Crippen molar-refractivity contribution in [3.63, 3.8) is 0 Å². The lowest BCUT2D eigenvalue weighted by Crippen LogP contribution is -2.01. The highest BCUT2D eigenvalue weighted by Crippen LogP contribution is 2.28. The molecule has 3 heteroatoms. The SMILES string of the molecule is CCC(C)c1ccccc1OC(=S)S. The molecule has 1 aromatic carbocycles. The summed E-state index contributed by atoms with van der Waals surface area (Å²) in [4.78, 5) is 0. The van der Waals surface area contributed by atoms with Gasteiger partial charge in [-0.05, 0) is 36.2 Å². The molecule has 0 fully saturated rings. The van der Waals surface area contributed by atoms with E-state index >= 15 is 0 Å². The Hall–Kier alpha value is -0.540. The largest absolute Gasteiger partial charge is 0.440 e. The first-order valence-electron chi connectivity index (χ1n) is 4.64. The van der Waals surface area contributed by atoms with E-state index in [1.807, 2.05) is 18.2 Å². The zero-order valence-electron chi connectivity index (χ0n) is 8.36. The molecule has 0 bridgehead atoms. The van der Waals surface area contributed by atoms with E-state index in [9.17, 15) is 0 Å². The molecule has 1 unspecified atom stereocenters. The Morgan fingerprint density at radius 3 is 2.71 bits per heavy atom. The maximum atomic E-state index is 5.36. The van der Waals surface area contributed by atoms with E-state index in [1.165, 1.54) is 5.56 Å². The van der Waals surface area contributed by atoms with Gasteiger partial charge in [0.1, 0.15) is 5.75 Å². The third-order valence-corrected chi connectivity index (χ3v) is 2.43. The monoisotopic (exact) mass is 226 g/mol. The number of rotatable bonds is 3. The lowest BCUT2D eigenvalue weighted by atomic mass is 9.98. The van der Waals surface area contributed by atoms with E-state index in [2.05, 4.69) is 32.5 Å². The molecule has 1 aromatic rings. The van der Waals surface area contributed by atoms with E-state index < -0.39 is 0 Å². The van der Waals surface area contributed by atoms with Crippen molar-refractivity contribution in [2.75, 3.05) is 0 Å². The minimum atomic E-state index is 0.265. The molecule has 0 aliphatic rings. The van der Waals surface area contributed by atoms with Gasteiger partial charge in [-0.3, -0.25) is 0 Å². The molecule has 0 aromatic heterocycles. The van der Waals surface area contributed by atoms with Crippen LogP contribution in [0, 0.1) is 0 Å². The van der Waals surface area contributed by atoms with Crippen LogP contribution in [0.4, 0.5) is 0 Å². The second-order valence-corrected chi connectivity index (χ2v) is 4.29. The Labute approximate surface area is 95.9 Å². The van der Waals surface area contributed by atoms with Crippen molar-refractivity contribution in [2.45, 2.75) is 26.2 Å². The van der Waals surface area contributed by atoms with E-state index in [0.717, 1.165) is 12.2 Å². The van der Waals surface area contributed by atoms with E-state index in [4.69, 9.17) is 17.0 Å². The van der Waals surface area contributed by atoms with Gasteiger partial charge >= 0.3 is 0 Å². The van der Waals surface area contributed by atoms with Gasteiger partial charge in [0.2, 0.25) is 4.38 Å². The van der Waals surface area contributed by atoms with Crippen molar-refractivity contribution < 1.29 is 4.74 Å². The molecule has 14 heavy (non-hydrogen) atoms. The number of para-hydroxylation sites is 1. The minimum Gasteiger partial charge on any atom is -0.440 e. The molecule has 0 radical (unpaired) electrons. The van der Waals surface area contributed by atoms with Gasteiger partial charge in [-0.25, -0.2) is 0 Å². The molecule has 0 heterocycles. The first kappa shape index (κ1) is 11.5. The van der Waals surface area contributed by atoms with Crippen molar-refractivity contribution in [3.8, 4) is 5.75 Å². The highest BCUT2D eigenvalue weighted by molar-refractivity contribution is 8.10. The summed E-state index contributed by atoms with van der Waals surface area (Å²) < 4.78 is 5.63. The van der Waals surface area contributed by atoms with Gasteiger partial charge < -0.3 is 4.74 Å². The quantitative estimate of drug-likeness (QED) is 0.620. The molecule has 0 N–H and O–H groups in total. The molecule has 0 spiro atoms. The summed E-state index contributed by atoms with van der Waals surface area (Å²) in [6.07, 6.45) is 1.08. The van der Waals surface area contributed by atoms with Gasteiger partial charge in [-0.15, -0.1) is 0 Å². The average molecular weight is 226 g/mol. The number of benzene rings is 1. The van der Waals surface area contributed by atoms with Crippen LogP contribution in [0.3, 0.4) is 0 Å². The zero-order chi connectivity index (χ0) is 10.6. The Balaban J connectivity index is 2.96. The first-order chi connectivity index (χ1) is 6.65. The predicted molar refractivity (Wildman–Crippen MR) is 67.4 cm³/mol. The number of thiol groups is 1. The Morgan fingerprint density at radius 1 is 1.50 bits per heavy atom. The van der Waals surface area contributed by atoms with Gasteiger partial charge in [-0.1, -0.05) is 44.7 Å². The molecular weight excluding hydrogens is 212 g/mol. The number of ether oxygens (including phenoxy) is 1. The van der Waals surface area contributed by atoms with Gasteiger partial charge in [0.25, 0.3) is 0 Å². The van der Waals surface area contributed by atoms with Gasteiger partial charge in [0.05, 0.1) is 0 Å². The number of hydrogen-bond acceptors (Lipinski definition) is 2. The Bertz CT molecular complexity index is 323. The lowest BCUT2D eigenvalue weighted by Gasteiger charge is -2.13. The van der Waals surface area contributed by atoms with Crippen molar-refractivity contribution >= 4 is 29.2 Å². The van der Waals surface area contributed by atoms with Crippen LogP contribution in [-0.2, 0) is 0 Å². The van der Waals surface area contributed by atoms with Crippen LogP contribution in [0.15, 0.2) is 24.3 Å². The van der Waals surface area contributed by atoms with Crippen LogP contribution in [0.25, 0.3) is 0 Å². The summed E-state index contributed by atoms with van der Waals surface area (Å²) >= 11 is 8.77. The van der Waals surface area contributed by atoms with Gasteiger partial charge in [0, 0.05) is 0 Å². The summed E-state index contributed by atoms with van der Waals surface area (Å²) in [5, 5.41) is 0. The molecule has 0 aliphatic carbocycles. The predicted octanol–water partition coefficient (Wildman–Crippen LogP) is 3.79. The number of thiocarbonyl (C=S) groups is 1. The molecule has 1 atom stereocenters. The zero-order valence-corrected chi connectivity index (χ0v) is 10.1. The molecule has 0 saturated heterocycles. The maximum absolute atomic E-state index is 5.36. The first-order valence-corrected chi connectivity index (χ1v) is 5.50. The van der Waals surface area contributed by atoms with E-state index in [-0.39, 0.29) is 4.38 Å². The molecule has 1 rings (SSSR count). The van der Waals surface area contributed by atoms with Crippen LogP contribution in [0.2, 0.25) is 0 Å². The average Bonchev–Trinajstić information content (AvgIpc) is 2.16. The minimum absolute atomic E-state index is 0.265. The summed E-state index contributed by atoms with van der Waals surface area (Å²) in [5.74, 6) is 1.30.